The summed E-state index contributed by atoms with van der Waals surface area (Å²) in [6.45, 7) is 5.54. The minimum atomic E-state index is 0.0633. The zero-order valence-electron chi connectivity index (χ0n) is 15.3. The van der Waals surface area contributed by atoms with Gasteiger partial charge in [-0.25, -0.2) is 9.67 Å². The first kappa shape index (κ1) is 17.7. The van der Waals surface area contributed by atoms with Gasteiger partial charge in [0.05, 0.1) is 22.9 Å². The van der Waals surface area contributed by atoms with E-state index in [-0.39, 0.29) is 11.9 Å². The average Bonchev–Trinajstić information content (AvgIpc) is 3.39. The van der Waals surface area contributed by atoms with Crippen LogP contribution in [0.25, 0.3) is 0 Å². The second-order valence-corrected chi connectivity index (χ2v) is 7.84. The number of thiazole rings is 1. The number of likely N-dealkylation sites (tertiary alicyclic amines) is 1. The monoisotopic (exact) mass is 383 g/mol. The third-order valence-corrected chi connectivity index (χ3v) is 5.67. The molecule has 0 N–H and O–H groups in total. The minimum absolute atomic E-state index is 0.0633. The number of nitrogens with zero attached hydrogens (tertiary/aromatic N) is 5. The van der Waals surface area contributed by atoms with E-state index >= 15 is 0 Å². The van der Waals surface area contributed by atoms with Crippen LogP contribution >= 0.6 is 11.3 Å². The molecule has 1 fully saturated rings. The predicted octanol–water partition coefficient (Wildman–Crippen LogP) is 3.02. The van der Waals surface area contributed by atoms with Gasteiger partial charge in [0.15, 0.2) is 0 Å². The number of carbonyl (C=O) groups is 1. The molecule has 1 aliphatic rings. The van der Waals surface area contributed by atoms with Gasteiger partial charge in [0.2, 0.25) is 0 Å². The molecule has 4 rings (SSSR count). The van der Waals surface area contributed by atoms with Crippen molar-refractivity contribution in [3.05, 3.63) is 57.8 Å². The second-order valence-electron chi connectivity index (χ2n) is 6.63. The predicted molar refractivity (Wildman–Crippen MR) is 102 cm³/mol. The zero-order valence-corrected chi connectivity index (χ0v) is 16.1. The Balaban J connectivity index is 1.37. The van der Waals surface area contributed by atoms with Crippen molar-refractivity contribution in [2.75, 3.05) is 13.1 Å². The smallest absolute Gasteiger partial charge is 0.265 e. The topological polar surface area (TPSA) is 73.1 Å². The fraction of sp³-hybridized carbons (Fsp3) is 0.368. The number of benzene rings is 1. The first-order valence-electron chi connectivity index (χ1n) is 8.92. The number of carbonyl (C=O) groups excluding carboxylic acids is 1. The number of amides is 1. The Morgan fingerprint density at radius 3 is 2.85 bits per heavy atom. The van der Waals surface area contributed by atoms with Crippen LogP contribution in [0, 0.1) is 13.8 Å². The normalized spacial score (nSPS) is 16.7. The highest BCUT2D eigenvalue weighted by Gasteiger charge is 2.30. The fourth-order valence-corrected chi connectivity index (χ4v) is 4.14. The lowest BCUT2D eigenvalue weighted by Crippen LogP contribution is -2.29. The van der Waals surface area contributed by atoms with E-state index in [1.807, 2.05) is 60.0 Å². The molecule has 140 valence electrons. The van der Waals surface area contributed by atoms with Gasteiger partial charge in [0.1, 0.15) is 22.9 Å². The van der Waals surface area contributed by atoms with E-state index in [4.69, 9.17) is 4.74 Å². The minimum Gasteiger partial charge on any atom is -0.487 e. The van der Waals surface area contributed by atoms with E-state index in [0.717, 1.165) is 40.0 Å². The summed E-state index contributed by atoms with van der Waals surface area (Å²) >= 11 is 1.46. The van der Waals surface area contributed by atoms with Gasteiger partial charge >= 0.3 is 0 Å². The molecule has 1 atom stereocenters. The van der Waals surface area contributed by atoms with Crippen molar-refractivity contribution in [2.24, 2.45) is 0 Å². The summed E-state index contributed by atoms with van der Waals surface area (Å²) in [5.74, 6) is 0.869. The van der Waals surface area contributed by atoms with E-state index in [9.17, 15) is 4.79 Å². The number of hydrogen-bond donors (Lipinski definition) is 0. The highest BCUT2D eigenvalue weighted by atomic mass is 32.1. The molecule has 27 heavy (non-hydrogen) atoms. The Hall–Kier alpha value is -2.74. The lowest BCUT2D eigenvalue weighted by atomic mass is 10.3. The number of aryl methyl sites for hydroxylation is 2. The number of hydrogen-bond acceptors (Lipinski definition) is 6. The zero-order chi connectivity index (χ0) is 18.8. The molecule has 1 aliphatic heterocycles. The van der Waals surface area contributed by atoms with Crippen molar-refractivity contribution in [1.82, 2.24) is 24.9 Å². The largest absolute Gasteiger partial charge is 0.487 e. The van der Waals surface area contributed by atoms with Gasteiger partial charge in [-0.1, -0.05) is 23.4 Å². The SMILES string of the molecule is Cc1nc(C)c(C(=O)N2CCC(n3cc(COc4ccccc4)nn3)C2)s1. The maximum Gasteiger partial charge on any atom is 0.265 e. The third-order valence-electron chi connectivity index (χ3n) is 4.61. The molecular weight excluding hydrogens is 362 g/mol. The van der Waals surface area contributed by atoms with Crippen molar-refractivity contribution in [2.45, 2.75) is 32.9 Å². The third kappa shape index (κ3) is 3.85. The lowest BCUT2D eigenvalue weighted by Gasteiger charge is -2.15. The second kappa shape index (κ2) is 7.48. The molecule has 0 bridgehead atoms. The summed E-state index contributed by atoms with van der Waals surface area (Å²) in [4.78, 5) is 19.7. The summed E-state index contributed by atoms with van der Waals surface area (Å²) in [6.07, 6.45) is 2.77. The van der Waals surface area contributed by atoms with Crippen molar-refractivity contribution in [3.63, 3.8) is 0 Å². The van der Waals surface area contributed by atoms with Crippen LogP contribution < -0.4 is 4.74 Å². The summed E-state index contributed by atoms with van der Waals surface area (Å²) in [5.41, 5.74) is 1.59. The van der Waals surface area contributed by atoms with Crippen LogP contribution in [0.1, 0.15) is 38.5 Å². The van der Waals surface area contributed by atoms with E-state index in [2.05, 4.69) is 15.3 Å². The Kier molecular flexibility index (Phi) is 4.89. The molecule has 0 saturated carbocycles. The van der Waals surface area contributed by atoms with Crippen LogP contribution in [0.15, 0.2) is 36.5 Å². The number of aromatic nitrogens is 4. The van der Waals surface area contributed by atoms with Crippen molar-refractivity contribution < 1.29 is 9.53 Å². The summed E-state index contributed by atoms with van der Waals surface area (Å²) < 4.78 is 7.56. The molecule has 2 aromatic heterocycles. The Labute approximate surface area is 161 Å². The van der Waals surface area contributed by atoms with Crippen LogP contribution in [-0.4, -0.2) is 43.9 Å². The van der Waals surface area contributed by atoms with E-state index < -0.39 is 0 Å². The first-order chi connectivity index (χ1) is 13.1. The van der Waals surface area contributed by atoms with E-state index in [0.29, 0.717) is 13.2 Å². The van der Waals surface area contributed by atoms with Gasteiger partial charge in [0, 0.05) is 13.1 Å². The van der Waals surface area contributed by atoms with Crippen LogP contribution in [0.3, 0.4) is 0 Å². The van der Waals surface area contributed by atoms with Crippen LogP contribution in [0.5, 0.6) is 5.75 Å². The van der Waals surface area contributed by atoms with Gasteiger partial charge in [0.25, 0.3) is 5.91 Å². The van der Waals surface area contributed by atoms with Crippen LogP contribution in [0.4, 0.5) is 0 Å². The average molecular weight is 383 g/mol. The first-order valence-corrected chi connectivity index (χ1v) is 9.73. The van der Waals surface area contributed by atoms with Crippen molar-refractivity contribution >= 4 is 17.2 Å². The molecule has 8 heteroatoms. The molecule has 0 spiro atoms. The Morgan fingerprint density at radius 1 is 1.30 bits per heavy atom. The van der Waals surface area contributed by atoms with Gasteiger partial charge in [-0.05, 0) is 32.4 Å². The number of rotatable bonds is 5. The molecule has 3 heterocycles. The van der Waals surface area contributed by atoms with Gasteiger partial charge < -0.3 is 9.64 Å². The van der Waals surface area contributed by atoms with Gasteiger partial charge in [-0.3, -0.25) is 4.79 Å². The maximum atomic E-state index is 12.8. The maximum absolute atomic E-state index is 12.8. The molecule has 1 unspecified atom stereocenters. The Bertz CT molecular complexity index is 937. The molecule has 3 aromatic rings. The molecular formula is C19H21N5O2S. The molecule has 1 amide bonds. The molecule has 1 aromatic carbocycles. The summed E-state index contributed by atoms with van der Waals surface area (Å²) in [5, 5.41) is 9.36. The highest BCUT2D eigenvalue weighted by Crippen LogP contribution is 2.26. The van der Waals surface area contributed by atoms with Gasteiger partial charge in [-0.15, -0.1) is 16.4 Å². The van der Waals surface area contributed by atoms with Crippen molar-refractivity contribution in [1.29, 1.82) is 0 Å². The Morgan fingerprint density at radius 2 is 2.11 bits per heavy atom. The number of ether oxygens (including phenoxy) is 1. The van der Waals surface area contributed by atoms with Crippen LogP contribution in [-0.2, 0) is 6.61 Å². The summed E-state index contributed by atoms with van der Waals surface area (Å²) in [6, 6.07) is 9.78. The fourth-order valence-electron chi connectivity index (χ4n) is 3.25. The highest BCUT2D eigenvalue weighted by molar-refractivity contribution is 7.13. The standard InChI is InChI=1S/C19H21N5O2S/c1-13-18(27-14(2)20-13)19(25)23-9-8-16(11-23)24-10-15(21-22-24)12-26-17-6-4-3-5-7-17/h3-7,10,16H,8-9,11-12H2,1-2H3. The van der Waals surface area contributed by atoms with E-state index in [1.165, 1.54) is 11.3 Å². The lowest BCUT2D eigenvalue weighted by molar-refractivity contribution is 0.0790. The van der Waals surface area contributed by atoms with Gasteiger partial charge in [-0.2, -0.15) is 0 Å². The molecule has 7 nitrogen and oxygen atoms in total. The molecule has 0 aliphatic carbocycles. The van der Waals surface area contributed by atoms with E-state index in [1.54, 1.807) is 0 Å². The molecule has 0 radical (unpaired) electrons. The van der Waals surface area contributed by atoms with Crippen molar-refractivity contribution in [3.8, 4) is 5.75 Å². The number of para-hydroxylation sites is 1. The van der Waals surface area contributed by atoms with Crippen LogP contribution in [0.2, 0.25) is 0 Å². The summed E-state index contributed by atoms with van der Waals surface area (Å²) in [7, 11) is 0. The quantitative estimate of drug-likeness (QED) is 0.677. The molecule has 1 saturated heterocycles.